The van der Waals surface area contributed by atoms with Crippen molar-refractivity contribution in [2.24, 2.45) is 0 Å². The van der Waals surface area contributed by atoms with E-state index in [1.165, 1.54) is 0 Å². The lowest BCUT2D eigenvalue weighted by Gasteiger charge is -2.15. The van der Waals surface area contributed by atoms with Crippen LogP contribution in [-0.4, -0.2) is 17.9 Å². The Morgan fingerprint density at radius 1 is 0.857 bits per heavy atom. The summed E-state index contributed by atoms with van der Waals surface area (Å²) in [4.78, 5) is 24.5. The molecule has 5 nitrogen and oxygen atoms in total. The van der Waals surface area contributed by atoms with Crippen LogP contribution >= 0.6 is 0 Å². The lowest BCUT2D eigenvalue weighted by Crippen LogP contribution is -2.30. The van der Waals surface area contributed by atoms with Crippen LogP contribution < -0.4 is 15.4 Å². The van der Waals surface area contributed by atoms with Crippen molar-refractivity contribution in [1.29, 1.82) is 0 Å². The second-order valence-corrected chi connectivity index (χ2v) is 6.31. The highest BCUT2D eigenvalue weighted by Crippen LogP contribution is 2.14. The molecular weight excluding hydrogens is 352 g/mol. The number of anilines is 1. The molecule has 28 heavy (non-hydrogen) atoms. The molecule has 0 spiro atoms. The van der Waals surface area contributed by atoms with Gasteiger partial charge in [-0.25, -0.2) is 0 Å². The first-order valence-electron chi connectivity index (χ1n) is 9.06. The van der Waals surface area contributed by atoms with Gasteiger partial charge in [0.25, 0.3) is 11.8 Å². The molecule has 0 aliphatic rings. The van der Waals surface area contributed by atoms with Crippen LogP contribution in [0.4, 0.5) is 5.69 Å². The molecule has 0 saturated carbocycles. The van der Waals surface area contributed by atoms with E-state index < -0.39 is 6.10 Å². The van der Waals surface area contributed by atoms with Crippen LogP contribution in [0.1, 0.15) is 22.8 Å². The molecular formula is C23H22N2O3. The predicted octanol–water partition coefficient (Wildman–Crippen LogP) is 4.02. The molecule has 0 bridgehead atoms. The maximum absolute atomic E-state index is 12.3. The van der Waals surface area contributed by atoms with Crippen molar-refractivity contribution >= 4 is 17.5 Å². The number of amides is 2. The van der Waals surface area contributed by atoms with Gasteiger partial charge in [-0.1, -0.05) is 48.5 Å². The standard InChI is InChI=1S/C23H22N2O3/c1-17(28-21-10-6-3-7-11-21)22(26)25-20-14-12-19(13-15-20)23(27)24-16-18-8-4-2-5-9-18/h2-15,17H,16H2,1H3,(H,24,27)(H,25,26)/t17-/m0/s1. The molecule has 0 heterocycles. The number of carbonyl (C=O) groups excluding carboxylic acids is 2. The Bertz CT molecular complexity index is 910. The van der Waals surface area contributed by atoms with Gasteiger partial charge in [-0.3, -0.25) is 9.59 Å². The molecule has 0 aromatic heterocycles. The summed E-state index contributed by atoms with van der Waals surface area (Å²) in [6.07, 6.45) is -0.642. The first-order valence-corrected chi connectivity index (χ1v) is 9.06. The minimum Gasteiger partial charge on any atom is -0.481 e. The summed E-state index contributed by atoms with van der Waals surface area (Å²) in [7, 11) is 0. The molecule has 0 aliphatic carbocycles. The number of carbonyl (C=O) groups is 2. The molecule has 1 atom stereocenters. The normalized spacial score (nSPS) is 11.3. The van der Waals surface area contributed by atoms with Gasteiger partial charge in [-0.05, 0) is 48.9 Å². The van der Waals surface area contributed by atoms with Crippen molar-refractivity contribution in [2.45, 2.75) is 19.6 Å². The fraction of sp³-hybridized carbons (Fsp3) is 0.130. The number of rotatable bonds is 7. The Morgan fingerprint density at radius 2 is 1.46 bits per heavy atom. The van der Waals surface area contributed by atoms with Gasteiger partial charge >= 0.3 is 0 Å². The second kappa shape index (κ2) is 9.37. The number of para-hydroxylation sites is 1. The predicted molar refractivity (Wildman–Crippen MR) is 109 cm³/mol. The summed E-state index contributed by atoms with van der Waals surface area (Å²) in [5.74, 6) is 0.211. The fourth-order valence-corrected chi connectivity index (χ4v) is 2.59. The van der Waals surface area contributed by atoms with Crippen LogP contribution in [0, 0.1) is 0 Å². The highest BCUT2D eigenvalue weighted by Gasteiger charge is 2.15. The van der Waals surface area contributed by atoms with Gasteiger partial charge < -0.3 is 15.4 Å². The van der Waals surface area contributed by atoms with Gasteiger partial charge in [-0.15, -0.1) is 0 Å². The zero-order valence-electron chi connectivity index (χ0n) is 15.6. The largest absolute Gasteiger partial charge is 0.481 e. The monoisotopic (exact) mass is 374 g/mol. The molecule has 5 heteroatoms. The molecule has 0 unspecified atom stereocenters. The summed E-state index contributed by atoms with van der Waals surface area (Å²) < 4.78 is 5.61. The summed E-state index contributed by atoms with van der Waals surface area (Å²) in [5, 5.41) is 5.67. The average Bonchev–Trinajstić information content (AvgIpc) is 2.74. The van der Waals surface area contributed by atoms with Gasteiger partial charge in [0.2, 0.25) is 0 Å². The Morgan fingerprint density at radius 3 is 2.11 bits per heavy atom. The third-order valence-corrected chi connectivity index (χ3v) is 4.14. The summed E-state index contributed by atoms with van der Waals surface area (Å²) in [6.45, 7) is 2.15. The maximum atomic E-state index is 12.3. The number of nitrogens with one attached hydrogen (secondary N) is 2. The molecule has 3 aromatic carbocycles. The maximum Gasteiger partial charge on any atom is 0.265 e. The third-order valence-electron chi connectivity index (χ3n) is 4.14. The molecule has 3 aromatic rings. The molecule has 2 amide bonds. The Kier molecular flexibility index (Phi) is 6.41. The fourth-order valence-electron chi connectivity index (χ4n) is 2.59. The number of ether oxygens (including phenoxy) is 1. The molecule has 142 valence electrons. The van der Waals surface area contributed by atoms with Gasteiger partial charge in [0, 0.05) is 17.8 Å². The van der Waals surface area contributed by atoms with Gasteiger partial charge in [0.1, 0.15) is 5.75 Å². The molecule has 3 rings (SSSR count). The minimum absolute atomic E-state index is 0.164. The molecule has 2 N–H and O–H groups in total. The van der Waals surface area contributed by atoms with Crippen LogP contribution in [0.2, 0.25) is 0 Å². The van der Waals surface area contributed by atoms with E-state index in [0.29, 0.717) is 23.5 Å². The van der Waals surface area contributed by atoms with Gasteiger partial charge in [0.15, 0.2) is 6.10 Å². The highest BCUT2D eigenvalue weighted by molar-refractivity contribution is 5.96. The molecule has 0 radical (unpaired) electrons. The summed E-state index contributed by atoms with van der Waals surface area (Å²) >= 11 is 0. The zero-order valence-corrected chi connectivity index (χ0v) is 15.6. The van der Waals surface area contributed by atoms with Crippen molar-refractivity contribution in [2.75, 3.05) is 5.32 Å². The smallest absolute Gasteiger partial charge is 0.265 e. The summed E-state index contributed by atoms with van der Waals surface area (Å²) in [5.41, 5.74) is 2.17. The van der Waals surface area contributed by atoms with Crippen LogP contribution in [0.15, 0.2) is 84.9 Å². The van der Waals surface area contributed by atoms with Crippen LogP contribution in [-0.2, 0) is 11.3 Å². The van der Waals surface area contributed by atoms with E-state index >= 15 is 0 Å². The van der Waals surface area contributed by atoms with Crippen LogP contribution in [0.3, 0.4) is 0 Å². The quantitative estimate of drug-likeness (QED) is 0.656. The summed E-state index contributed by atoms with van der Waals surface area (Å²) in [6, 6.07) is 25.6. The topological polar surface area (TPSA) is 67.4 Å². The second-order valence-electron chi connectivity index (χ2n) is 6.31. The van der Waals surface area contributed by atoms with Gasteiger partial charge in [0.05, 0.1) is 0 Å². The van der Waals surface area contributed by atoms with E-state index in [1.807, 2.05) is 48.5 Å². The van der Waals surface area contributed by atoms with Gasteiger partial charge in [-0.2, -0.15) is 0 Å². The molecule has 0 aliphatic heterocycles. The highest BCUT2D eigenvalue weighted by atomic mass is 16.5. The average molecular weight is 374 g/mol. The third kappa shape index (κ3) is 5.45. The van der Waals surface area contributed by atoms with Crippen LogP contribution in [0.25, 0.3) is 0 Å². The van der Waals surface area contributed by atoms with E-state index in [2.05, 4.69) is 10.6 Å². The number of benzene rings is 3. The molecule has 0 fully saturated rings. The first kappa shape index (κ1) is 19.2. The molecule has 0 saturated heterocycles. The van der Waals surface area contributed by atoms with Crippen molar-refractivity contribution in [1.82, 2.24) is 5.32 Å². The number of hydrogen-bond donors (Lipinski definition) is 2. The Labute approximate surface area is 164 Å². The first-order chi connectivity index (χ1) is 13.6. The Balaban J connectivity index is 1.52. The van der Waals surface area contributed by atoms with Crippen molar-refractivity contribution in [3.63, 3.8) is 0 Å². The lowest BCUT2D eigenvalue weighted by molar-refractivity contribution is -0.122. The van der Waals surface area contributed by atoms with E-state index in [4.69, 9.17) is 4.74 Å². The van der Waals surface area contributed by atoms with Crippen LogP contribution in [0.5, 0.6) is 5.75 Å². The van der Waals surface area contributed by atoms with E-state index in [-0.39, 0.29) is 11.8 Å². The van der Waals surface area contributed by atoms with E-state index in [0.717, 1.165) is 5.56 Å². The Hall–Kier alpha value is -3.60. The number of hydrogen-bond acceptors (Lipinski definition) is 3. The van der Waals surface area contributed by atoms with Crippen molar-refractivity contribution in [3.05, 3.63) is 96.1 Å². The lowest BCUT2D eigenvalue weighted by atomic mass is 10.1. The van der Waals surface area contributed by atoms with E-state index in [9.17, 15) is 9.59 Å². The van der Waals surface area contributed by atoms with Crippen molar-refractivity contribution < 1.29 is 14.3 Å². The minimum atomic E-state index is -0.642. The zero-order chi connectivity index (χ0) is 19.8. The van der Waals surface area contributed by atoms with Crippen molar-refractivity contribution in [3.8, 4) is 5.75 Å². The SMILES string of the molecule is C[C@H](Oc1ccccc1)C(=O)Nc1ccc(C(=O)NCc2ccccc2)cc1. The van der Waals surface area contributed by atoms with E-state index in [1.54, 1.807) is 43.3 Å².